The Balaban J connectivity index is 1.63. The van der Waals surface area contributed by atoms with Crippen LogP contribution in [0.4, 0.5) is 0 Å². The normalized spacial score (nSPS) is 12.2. The molecule has 24 heavy (non-hydrogen) atoms. The maximum atomic E-state index is 12.1. The standard InChI is InChI=1S/C18H19N3O3/c1-11-7-8-15(24-11)12(2)19-17(22)10-9-16-20-14-6-4-3-5-13(14)18(23)21-16/h3-8,12H,9-10H2,1-2H3,(H,19,22)(H,20,21,23). The van der Waals surface area contributed by atoms with Crippen LogP contribution in [0.15, 0.2) is 45.6 Å². The third-order valence-corrected chi connectivity index (χ3v) is 3.82. The van der Waals surface area contributed by atoms with Gasteiger partial charge in [-0.05, 0) is 38.1 Å². The van der Waals surface area contributed by atoms with E-state index in [0.29, 0.717) is 23.1 Å². The molecule has 0 aliphatic rings. The minimum absolute atomic E-state index is 0.118. The van der Waals surface area contributed by atoms with Crippen molar-refractivity contribution in [2.24, 2.45) is 0 Å². The summed E-state index contributed by atoms with van der Waals surface area (Å²) >= 11 is 0. The van der Waals surface area contributed by atoms with Crippen LogP contribution in [0.2, 0.25) is 0 Å². The van der Waals surface area contributed by atoms with Gasteiger partial charge in [0.15, 0.2) is 0 Å². The first-order valence-corrected chi connectivity index (χ1v) is 7.86. The second kappa shape index (κ2) is 6.70. The van der Waals surface area contributed by atoms with Crippen LogP contribution in [0.1, 0.15) is 36.7 Å². The Kier molecular flexibility index (Phi) is 4.46. The molecule has 1 unspecified atom stereocenters. The number of nitrogens with zero attached hydrogens (tertiary/aromatic N) is 1. The van der Waals surface area contributed by atoms with Crippen LogP contribution < -0.4 is 10.9 Å². The van der Waals surface area contributed by atoms with Crippen LogP contribution in [0, 0.1) is 6.92 Å². The largest absolute Gasteiger partial charge is 0.464 e. The number of furan rings is 1. The molecule has 6 heteroatoms. The van der Waals surface area contributed by atoms with Crippen molar-refractivity contribution < 1.29 is 9.21 Å². The molecule has 0 bridgehead atoms. The number of amides is 1. The number of carbonyl (C=O) groups is 1. The molecule has 0 saturated carbocycles. The highest BCUT2D eigenvalue weighted by Gasteiger charge is 2.13. The number of para-hydroxylation sites is 1. The zero-order chi connectivity index (χ0) is 17.1. The van der Waals surface area contributed by atoms with Gasteiger partial charge in [-0.1, -0.05) is 12.1 Å². The number of hydrogen-bond donors (Lipinski definition) is 2. The van der Waals surface area contributed by atoms with Crippen LogP contribution in [0.3, 0.4) is 0 Å². The van der Waals surface area contributed by atoms with Gasteiger partial charge in [-0.15, -0.1) is 0 Å². The van der Waals surface area contributed by atoms with E-state index in [2.05, 4.69) is 15.3 Å². The lowest BCUT2D eigenvalue weighted by atomic mass is 10.2. The van der Waals surface area contributed by atoms with Crippen molar-refractivity contribution >= 4 is 16.8 Å². The van der Waals surface area contributed by atoms with E-state index in [-0.39, 0.29) is 23.9 Å². The van der Waals surface area contributed by atoms with Gasteiger partial charge in [0.25, 0.3) is 5.56 Å². The molecule has 0 radical (unpaired) electrons. The van der Waals surface area contributed by atoms with Gasteiger partial charge in [-0.25, -0.2) is 4.98 Å². The van der Waals surface area contributed by atoms with E-state index in [1.165, 1.54) is 0 Å². The van der Waals surface area contributed by atoms with Gasteiger partial charge in [-0.2, -0.15) is 0 Å². The molecular weight excluding hydrogens is 306 g/mol. The Bertz CT molecular complexity index is 926. The summed E-state index contributed by atoms with van der Waals surface area (Å²) in [4.78, 5) is 31.2. The highest BCUT2D eigenvalue weighted by Crippen LogP contribution is 2.15. The summed E-state index contributed by atoms with van der Waals surface area (Å²) in [6, 6.07) is 10.7. The van der Waals surface area contributed by atoms with Crippen molar-refractivity contribution in [2.45, 2.75) is 32.7 Å². The molecule has 0 fully saturated rings. The zero-order valence-electron chi connectivity index (χ0n) is 13.6. The lowest BCUT2D eigenvalue weighted by Gasteiger charge is -2.11. The number of aryl methyl sites for hydroxylation is 2. The molecule has 2 aromatic heterocycles. The van der Waals surface area contributed by atoms with Gasteiger partial charge in [-0.3, -0.25) is 9.59 Å². The SMILES string of the molecule is Cc1ccc(C(C)NC(=O)CCc2nc3ccccc3c(=O)[nH]2)o1. The topological polar surface area (TPSA) is 88.0 Å². The molecule has 0 spiro atoms. The van der Waals surface area contributed by atoms with Crippen molar-refractivity contribution in [1.82, 2.24) is 15.3 Å². The molecule has 2 heterocycles. The number of H-pyrrole nitrogens is 1. The first kappa shape index (κ1) is 16.0. The van der Waals surface area contributed by atoms with Crippen molar-refractivity contribution in [3.63, 3.8) is 0 Å². The van der Waals surface area contributed by atoms with Crippen molar-refractivity contribution in [3.05, 3.63) is 64.1 Å². The lowest BCUT2D eigenvalue weighted by molar-refractivity contribution is -0.121. The average molecular weight is 325 g/mol. The van der Waals surface area contributed by atoms with E-state index in [9.17, 15) is 9.59 Å². The summed E-state index contributed by atoms with van der Waals surface area (Å²) in [6.07, 6.45) is 0.612. The quantitative estimate of drug-likeness (QED) is 0.755. The molecular formula is C18H19N3O3. The van der Waals surface area contributed by atoms with E-state index in [4.69, 9.17) is 4.42 Å². The molecule has 0 aliphatic heterocycles. The third kappa shape index (κ3) is 3.53. The second-order valence-corrected chi connectivity index (χ2v) is 5.77. The fraction of sp³-hybridized carbons (Fsp3) is 0.278. The first-order chi connectivity index (χ1) is 11.5. The van der Waals surface area contributed by atoms with Crippen LogP contribution in [0.5, 0.6) is 0 Å². The molecule has 1 atom stereocenters. The monoisotopic (exact) mass is 325 g/mol. The van der Waals surface area contributed by atoms with Crippen molar-refractivity contribution in [2.75, 3.05) is 0 Å². The van der Waals surface area contributed by atoms with Crippen LogP contribution in [-0.4, -0.2) is 15.9 Å². The van der Waals surface area contributed by atoms with Gasteiger partial charge < -0.3 is 14.7 Å². The van der Waals surface area contributed by atoms with Gasteiger partial charge in [0, 0.05) is 12.8 Å². The minimum atomic E-state index is -0.199. The molecule has 6 nitrogen and oxygen atoms in total. The van der Waals surface area contributed by atoms with Gasteiger partial charge >= 0.3 is 0 Å². The summed E-state index contributed by atoms with van der Waals surface area (Å²) in [7, 11) is 0. The summed E-state index contributed by atoms with van der Waals surface area (Å²) in [5.74, 6) is 1.92. The maximum absolute atomic E-state index is 12.1. The van der Waals surface area contributed by atoms with Crippen LogP contribution >= 0.6 is 0 Å². The Hall–Kier alpha value is -2.89. The lowest BCUT2D eigenvalue weighted by Crippen LogP contribution is -2.27. The van der Waals surface area contributed by atoms with Gasteiger partial charge in [0.05, 0.1) is 16.9 Å². The van der Waals surface area contributed by atoms with Gasteiger partial charge in [0.2, 0.25) is 5.91 Å². The van der Waals surface area contributed by atoms with Crippen molar-refractivity contribution in [1.29, 1.82) is 0 Å². The van der Waals surface area contributed by atoms with Gasteiger partial charge in [0.1, 0.15) is 17.3 Å². The van der Waals surface area contributed by atoms with Crippen LogP contribution in [-0.2, 0) is 11.2 Å². The number of fused-ring (bicyclic) bond motifs is 1. The fourth-order valence-electron chi connectivity index (χ4n) is 2.56. The number of aromatic amines is 1. The summed E-state index contributed by atoms with van der Waals surface area (Å²) in [5.41, 5.74) is 0.450. The number of aromatic nitrogens is 2. The first-order valence-electron chi connectivity index (χ1n) is 7.86. The molecule has 0 saturated heterocycles. The van der Waals surface area contributed by atoms with Crippen LogP contribution in [0.25, 0.3) is 10.9 Å². The minimum Gasteiger partial charge on any atom is -0.464 e. The van der Waals surface area contributed by atoms with E-state index < -0.39 is 0 Å². The molecule has 124 valence electrons. The Labute approximate surface area is 138 Å². The van der Waals surface area contributed by atoms with E-state index in [1.807, 2.05) is 32.0 Å². The molecule has 3 rings (SSSR count). The highest BCUT2D eigenvalue weighted by atomic mass is 16.3. The zero-order valence-corrected chi connectivity index (χ0v) is 13.6. The van der Waals surface area contributed by atoms with E-state index >= 15 is 0 Å². The molecule has 0 aliphatic carbocycles. The number of benzene rings is 1. The molecule has 1 amide bonds. The average Bonchev–Trinajstić information content (AvgIpc) is 3.00. The number of nitrogens with one attached hydrogen (secondary N) is 2. The van der Waals surface area contributed by atoms with E-state index in [0.717, 1.165) is 11.5 Å². The molecule has 1 aromatic carbocycles. The summed E-state index contributed by atoms with van der Waals surface area (Å²) in [5, 5.41) is 3.43. The highest BCUT2D eigenvalue weighted by molar-refractivity contribution is 5.78. The smallest absolute Gasteiger partial charge is 0.258 e. The molecule has 3 aromatic rings. The number of carbonyl (C=O) groups excluding carboxylic acids is 1. The second-order valence-electron chi connectivity index (χ2n) is 5.77. The summed E-state index contributed by atoms with van der Waals surface area (Å²) < 4.78 is 5.50. The molecule has 2 N–H and O–H groups in total. The van der Waals surface area contributed by atoms with E-state index in [1.54, 1.807) is 18.2 Å². The predicted molar refractivity (Wildman–Crippen MR) is 90.7 cm³/mol. The third-order valence-electron chi connectivity index (χ3n) is 3.82. The number of rotatable bonds is 5. The maximum Gasteiger partial charge on any atom is 0.258 e. The fourth-order valence-corrected chi connectivity index (χ4v) is 2.56. The predicted octanol–water partition coefficient (Wildman–Crippen LogP) is 2.63. The van der Waals surface area contributed by atoms with Crippen molar-refractivity contribution in [3.8, 4) is 0 Å². The Morgan fingerprint density at radius 2 is 2.08 bits per heavy atom. The Morgan fingerprint density at radius 1 is 1.29 bits per heavy atom. The number of hydrogen-bond acceptors (Lipinski definition) is 4. The summed E-state index contributed by atoms with van der Waals surface area (Å²) in [6.45, 7) is 3.73. The Morgan fingerprint density at radius 3 is 2.83 bits per heavy atom.